The van der Waals surface area contributed by atoms with E-state index in [2.05, 4.69) is 22.2 Å². The zero-order valence-corrected chi connectivity index (χ0v) is 9.95. The summed E-state index contributed by atoms with van der Waals surface area (Å²) >= 11 is 7.64. The third-order valence-electron chi connectivity index (χ3n) is 1.67. The van der Waals surface area contributed by atoms with Crippen molar-refractivity contribution in [2.75, 3.05) is 18.1 Å². The van der Waals surface area contributed by atoms with E-state index < -0.39 is 0 Å². The highest BCUT2D eigenvalue weighted by atomic mass is 35.5. The van der Waals surface area contributed by atoms with Crippen molar-refractivity contribution in [3.8, 4) is 0 Å². The molecule has 0 bridgehead atoms. The maximum atomic E-state index is 5.96. The number of unbranched alkanes of at least 4 members (excludes halogenated alkanes) is 1. The Hall–Kier alpha value is -0.480. The number of anilines is 1. The maximum Gasteiger partial charge on any atom is 0.223 e. The molecule has 0 aliphatic heterocycles. The fraction of sp³-hybridized carbons (Fsp3) is 0.556. The van der Waals surface area contributed by atoms with Crippen molar-refractivity contribution < 1.29 is 0 Å². The molecule has 0 saturated heterocycles. The fourth-order valence-electron chi connectivity index (χ4n) is 0.886. The van der Waals surface area contributed by atoms with Crippen LogP contribution in [0, 0.1) is 0 Å². The van der Waals surface area contributed by atoms with E-state index in [1.165, 1.54) is 12.8 Å². The zero-order valence-electron chi connectivity index (χ0n) is 8.38. The number of thioether (sulfide) groups is 1. The molecule has 0 atom stereocenters. The Bertz CT molecular complexity index is 293. The van der Waals surface area contributed by atoms with Crippen molar-refractivity contribution in [3.05, 3.63) is 11.2 Å². The molecule has 0 aliphatic carbocycles. The van der Waals surface area contributed by atoms with Gasteiger partial charge in [-0.25, -0.2) is 9.97 Å². The Morgan fingerprint density at radius 2 is 2.36 bits per heavy atom. The van der Waals surface area contributed by atoms with Crippen LogP contribution < -0.4 is 5.32 Å². The van der Waals surface area contributed by atoms with Gasteiger partial charge in [-0.3, -0.25) is 0 Å². The molecule has 14 heavy (non-hydrogen) atoms. The van der Waals surface area contributed by atoms with Crippen LogP contribution in [0.5, 0.6) is 0 Å². The fourth-order valence-corrected chi connectivity index (χ4v) is 2.11. The summed E-state index contributed by atoms with van der Waals surface area (Å²) in [5.74, 6) is 1.67. The number of hydrogen-bond donors (Lipinski definition) is 1. The van der Waals surface area contributed by atoms with Crippen LogP contribution in [0.4, 0.5) is 5.95 Å². The number of nitrogens with one attached hydrogen (secondary N) is 1. The Labute approximate surface area is 93.7 Å². The van der Waals surface area contributed by atoms with Gasteiger partial charge in [0.1, 0.15) is 5.03 Å². The van der Waals surface area contributed by atoms with E-state index in [-0.39, 0.29) is 0 Å². The van der Waals surface area contributed by atoms with E-state index in [9.17, 15) is 0 Å². The molecule has 0 spiro atoms. The molecular formula is C9H14ClN3S. The molecule has 0 aliphatic rings. The molecule has 0 unspecified atom stereocenters. The standard InChI is InChI=1S/C9H14ClN3S/c1-3-4-5-14-8-7(10)6-12-9(11-2)13-8/h6H,3-5H2,1-2H3,(H,11,12,13). The number of aromatic nitrogens is 2. The predicted molar refractivity (Wildman–Crippen MR) is 62.2 cm³/mol. The molecule has 0 aromatic carbocycles. The number of nitrogens with zero attached hydrogens (tertiary/aromatic N) is 2. The van der Waals surface area contributed by atoms with Crippen LogP contribution in [0.3, 0.4) is 0 Å². The lowest BCUT2D eigenvalue weighted by atomic mass is 10.4. The number of rotatable bonds is 5. The predicted octanol–water partition coefficient (Wildman–Crippen LogP) is 3.06. The van der Waals surface area contributed by atoms with Crippen molar-refractivity contribution in [1.29, 1.82) is 0 Å². The first-order chi connectivity index (χ1) is 6.77. The van der Waals surface area contributed by atoms with Gasteiger partial charge < -0.3 is 5.32 Å². The molecule has 0 fully saturated rings. The smallest absolute Gasteiger partial charge is 0.223 e. The van der Waals surface area contributed by atoms with E-state index in [4.69, 9.17) is 11.6 Å². The average molecular weight is 232 g/mol. The zero-order chi connectivity index (χ0) is 10.4. The third kappa shape index (κ3) is 3.35. The van der Waals surface area contributed by atoms with Crippen molar-refractivity contribution in [2.45, 2.75) is 24.8 Å². The Balaban J connectivity index is 2.64. The van der Waals surface area contributed by atoms with E-state index >= 15 is 0 Å². The molecule has 0 radical (unpaired) electrons. The quantitative estimate of drug-likeness (QED) is 0.480. The molecule has 0 amide bonds. The monoisotopic (exact) mass is 231 g/mol. The Morgan fingerprint density at radius 1 is 1.57 bits per heavy atom. The first-order valence-corrected chi connectivity index (χ1v) is 5.97. The minimum absolute atomic E-state index is 0.619. The summed E-state index contributed by atoms with van der Waals surface area (Å²) < 4.78 is 0. The lowest BCUT2D eigenvalue weighted by Crippen LogP contribution is -1.97. The topological polar surface area (TPSA) is 37.8 Å². The number of hydrogen-bond acceptors (Lipinski definition) is 4. The summed E-state index contributed by atoms with van der Waals surface area (Å²) in [7, 11) is 1.80. The maximum absolute atomic E-state index is 5.96. The van der Waals surface area contributed by atoms with Crippen LogP contribution in [0.15, 0.2) is 11.2 Å². The van der Waals surface area contributed by atoms with Gasteiger partial charge in [-0.2, -0.15) is 0 Å². The van der Waals surface area contributed by atoms with Crippen molar-refractivity contribution in [2.24, 2.45) is 0 Å². The first kappa shape index (κ1) is 11.6. The summed E-state index contributed by atoms with van der Waals surface area (Å²) in [5.41, 5.74) is 0. The average Bonchev–Trinajstić information content (AvgIpc) is 2.21. The highest BCUT2D eigenvalue weighted by Gasteiger charge is 2.04. The van der Waals surface area contributed by atoms with E-state index in [0.29, 0.717) is 11.0 Å². The SMILES string of the molecule is CCCCSc1nc(NC)ncc1Cl. The van der Waals surface area contributed by atoms with Crippen LogP contribution >= 0.6 is 23.4 Å². The molecule has 0 saturated carbocycles. The first-order valence-electron chi connectivity index (χ1n) is 4.61. The molecule has 1 heterocycles. The van der Waals surface area contributed by atoms with Crippen LogP contribution in [-0.4, -0.2) is 22.8 Å². The number of halogens is 1. The lowest BCUT2D eigenvalue weighted by molar-refractivity contribution is 0.894. The van der Waals surface area contributed by atoms with E-state index in [0.717, 1.165) is 10.8 Å². The molecule has 78 valence electrons. The van der Waals surface area contributed by atoms with Crippen LogP contribution in [0.1, 0.15) is 19.8 Å². The lowest BCUT2D eigenvalue weighted by Gasteiger charge is -2.04. The van der Waals surface area contributed by atoms with E-state index in [1.54, 1.807) is 25.0 Å². The molecule has 3 nitrogen and oxygen atoms in total. The van der Waals surface area contributed by atoms with Gasteiger partial charge in [0.25, 0.3) is 0 Å². The van der Waals surface area contributed by atoms with Crippen LogP contribution in [0.2, 0.25) is 5.02 Å². The third-order valence-corrected chi connectivity index (χ3v) is 3.14. The van der Waals surface area contributed by atoms with Crippen molar-refractivity contribution in [1.82, 2.24) is 9.97 Å². The van der Waals surface area contributed by atoms with Crippen LogP contribution in [0.25, 0.3) is 0 Å². The van der Waals surface area contributed by atoms with Gasteiger partial charge in [-0.15, -0.1) is 11.8 Å². The van der Waals surface area contributed by atoms with Gasteiger partial charge in [-0.1, -0.05) is 24.9 Å². The normalized spacial score (nSPS) is 10.2. The van der Waals surface area contributed by atoms with Gasteiger partial charge in [-0.05, 0) is 12.2 Å². The van der Waals surface area contributed by atoms with Crippen LogP contribution in [-0.2, 0) is 0 Å². The summed E-state index contributed by atoms with van der Waals surface area (Å²) in [6.07, 6.45) is 4.00. The summed E-state index contributed by atoms with van der Waals surface area (Å²) in [4.78, 5) is 8.29. The summed E-state index contributed by atoms with van der Waals surface area (Å²) in [5, 5.41) is 4.38. The minimum atomic E-state index is 0.619. The molecule has 1 aromatic heterocycles. The van der Waals surface area contributed by atoms with Gasteiger partial charge in [0, 0.05) is 7.05 Å². The Kier molecular flexibility index (Phi) is 5.04. The van der Waals surface area contributed by atoms with Gasteiger partial charge >= 0.3 is 0 Å². The van der Waals surface area contributed by atoms with Crippen molar-refractivity contribution in [3.63, 3.8) is 0 Å². The second-order valence-corrected chi connectivity index (χ2v) is 4.29. The van der Waals surface area contributed by atoms with Gasteiger partial charge in [0.2, 0.25) is 5.95 Å². The molecule has 5 heteroatoms. The van der Waals surface area contributed by atoms with Gasteiger partial charge in [0.05, 0.1) is 11.2 Å². The molecule has 1 aromatic rings. The summed E-state index contributed by atoms with van der Waals surface area (Å²) in [6, 6.07) is 0. The van der Waals surface area contributed by atoms with Crippen molar-refractivity contribution >= 4 is 29.3 Å². The van der Waals surface area contributed by atoms with E-state index in [1.807, 2.05) is 0 Å². The molecule has 1 rings (SSSR count). The second kappa shape index (κ2) is 6.09. The summed E-state index contributed by atoms with van der Waals surface area (Å²) in [6.45, 7) is 2.17. The molecular weight excluding hydrogens is 218 g/mol. The second-order valence-electron chi connectivity index (χ2n) is 2.80. The molecule has 1 N–H and O–H groups in total. The van der Waals surface area contributed by atoms with Gasteiger partial charge in [0.15, 0.2) is 0 Å². The largest absolute Gasteiger partial charge is 0.357 e. The highest BCUT2D eigenvalue weighted by Crippen LogP contribution is 2.25. The Morgan fingerprint density at radius 3 is 3.00 bits per heavy atom. The minimum Gasteiger partial charge on any atom is -0.357 e. The highest BCUT2D eigenvalue weighted by molar-refractivity contribution is 7.99.